The molecular formula is C18H23NO3S. The van der Waals surface area contributed by atoms with Crippen molar-refractivity contribution in [2.45, 2.75) is 38.6 Å². The molecule has 0 saturated heterocycles. The van der Waals surface area contributed by atoms with Crippen LogP contribution in [0.4, 0.5) is 0 Å². The average molecular weight is 333 g/mol. The molecule has 0 radical (unpaired) electrons. The highest BCUT2D eigenvalue weighted by Gasteiger charge is 2.19. The maximum atomic E-state index is 12.5. The Morgan fingerprint density at radius 1 is 1.09 bits per heavy atom. The summed E-state index contributed by atoms with van der Waals surface area (Å²) in [5.41, 5.74) is 3.16. The molecule has 23 heavy (non-hydrogen) atoms. The summed E-state index contributed by atoms with van der Waals surface area (Å²) in [5, 5.41) is 0. The van der Waals surface area contributed by atoms with Crippen LogP contribution in [0.1, 0.15) is 36.6 Å². The van der Waals surface area contributed by atoms with Gasteiger partial charge >= 0.3 is 0 Å². The lowest BCUT2D eigenvalue weighted by Gasteiger charge is -2.17. The van der Waals surface area contributed by atoms with Crippen molar-refractivity contribution in [3.63, 3.8) is 0 Å². The van der Waals surface area contributed by atoms with Crippen molar-refractivity contribution in [3.05, 3.63) is 59.2 Å². The van der Waals surface area contributed by atoms with Crippen LogP contribution in [0.5, 0.6) is 5.75 Å². The molecule has 2 aromatic rings. The molecule has 0 aliphatic heterocycles. The smallest absolute Gasteiger partial charge is 0.241 e. The molecule has 2 rings (SSSR count). The first-order valence-corrected chi connectivity index (χ1v) is 9.14. The van der Waals surface area contributed by atoms with Gasteiger partial charge in [0.05, 0.1) is 11.5 Å². The van der Waals surface area contributed by atoms with Crippen LogP contribution >= 0.6 is 0 Å². The van der Waals surface area contributed by atoms with Gasteiger partial charge in [-0.1, -0.05) is 23.8 Å². The maximum Gasteiger partial charge on any atom is 0.241 e. The Bertz CT molecular complexity index is 767. The summed E-state index contributed by atoms with van der Waals surface area (Å²) in [7, 11) is -3.57. The second-order valence-corrected chi connectivity index (χ2v) is 7.32. The molecule has 0 heterocycles. The van der Waals surface area contributed by atoms with Crippen molar-refractivity contribution in [2.75, 3.05) is 6.61 Å². The van der Waals surface area contributed by atoms with Crippen molar-refractivity contribution in [1.29, 1.82) is 0 Å². The number of hydrogen-bond acceptors (Lipinski definition) is 3. The Morgan fingerprint density at radius 2 is 1.74 bits per heavy atom. The average Bonchev–Trinajstić information content (AvgIpc) is 2.50. The van der Waals surface area contributed by atoms with Crippen molar-refractivity contribution in [2.24, 2.45) is 0 Å². The van der Waals surface area contributed by atoms with E-state index in [0.29, 0.717) is 12.4 Å². The zero-order chi connectivity index (χ0) is 17.0. The topological polar surface area (TPSA) is 55.4 Å². The SMILES string of the molecule is CCOc1ccc(S(=O)(=O)N[C@@H](C)c2cc(C)ccc2C)cc1. The molecule has 4 nitrogen and oxygen atoms in total. The highest BCUT2D eigenvalue weighted by atomic mass is 32.2. The van der Waals surface area contributed by atoms with E-state index in [1.165, 1.54) is 0 Å². The van der Waals surface area contributed by atoms with E-state index in [0.717, 1.165) is 16.7 Å². The van der Waals surface area contributed by atoms with Gasteiger partial charge in [0.1, 0.15) is 5.75 Å². The lowest BCUT2D eigenvalue weighted by atomic mass is 10.0. The number of benzene rings is 2. The molecule has 124 valence electrons. The summed E-state index contributed by atoms with van der Waals surface area (Å²) in [6, 6.07) is 12.2. The van der Waals surface area contributed by atoms with Gasteiger partial charge in [-0.3, -0.25) is 0 Å². The van der Waals surface area contributed by atoms with Gasteiger partial charge in [-0.25, -0.2) is 13.1 Å². The van der Waals surface area contributed by atoms with Crippen LogP contribution in [-0.4, -0.2) is 15.0 Å². The summed E-state index contributed by atoms with van der Waals surface area (Å²) in [4.78, 5) is 0.234. The standard InChI is InChI=1S/C18H23NO3S/c1-5-22-16-8-10-17(11-9-16)23(20,21)19-15(4)18-12-13(2)6-7-14(18)3/h6-12,15,19H,5H2,1-4H3/t15-/m0/s1. The Labute approximate surface area is 138 Å². The summed E-state index contributed by atoms with van der Waals surface area (Å²) >= 11 is 0. The van der Waals surface area contributed by atoms with Crippen LogP contribution in [0.3, 0.4) is 0 Å². The maximum absolute atomic E-state index is 12.5. The minimum Gasteiger partial charge on any atom is -0.494 e. The van der Waals surface area contributed by atoms with Crippen molar-refractivity contribution in [1.82, 2.24) is 4.72 Å². The van der Waals surface area contributed by atoms with Crippen molar-refractivity contribution >= 4 is 10.0 Å². The third kappa shape index (κ3) is 4.33. The molecule has 1 N–H and O–H groups in total. The van der Waals surface area contributed by atoms with Crippen LogP contribution < -0.4 is 9.46 Å². The van der Waals surface area contributed by atoms with Crippen LogP contribution in [0, 0.1) is 13.8 Å². The minimum absolute atomic E-state index is 0.234. The number of ether oxygens (including phenoxy) is 1. The van der Waals surface area contributed by atoms with Crippen LogP contribution in [0.2, 0.25) is 0 Å². The van der Waals surface area contributed by atoms with E-state index < -0.39 is 10.0 Å². The van der Waals surface area contributed by atoms with Gasteiger partial charge in [0, 0.05) is 6.04 Å². The quantitative estimate of drug-likeness (QED) is 0.876. The number of sulfonamides is 1. The summed E-state index contributed by atoms with van der Waals surface area (Å²) < 4.78 is 33.1. The summed E-state index contributed by atoms with van der Waals surface area (Å²) in [5.74, 6) is 0.661. The number of rotatable bonds is 6. The van der Waals surface area contributed by atoms with E-state index in [1.54, 1.807) is 24.3 Å². The van der Waals surface area contributed by atoms with Crippen molar-refractivity contribution in [3.8, 4) is 5.75 Å². The molecule has 1 atom stereocenters. The summed E-state index contributed by atoms with van der Waals surface area (Å²) in [6.45, 7) is 8.27. The molecule has 0 aromatic heterocycles. The Morgan fingerprint density at radius 3 is 2.35 bits per heavy atom. The van der Waals surface area contributed by atoms with E-state index >= 15 is 0 Å². The normalized spacial score (nSPS) is 12.9. The van der Waals surface area contributed by atoms with E-state index in [9.17, 15) is 8.42 Å². The molecule has 0 fully saturated rings. The van der Waals surface area contributed by atoms with Gasteiger partial charge in [0.2, 0.25) is 10.0 Å². The number of hydrogen-bond donors (Lipinski definition) is 1. The zero-order valence-electron chi connectivity index (χ0n) is 14.0. The highest BCUT2D eigenvalue weighted by Crippen LogP contribution is 2.22. The van der Waals surface area contributed by atoms with Crippen LogP contribution in [-0.2, 0) is 10.0 Å². The fourth-order valence-electron chi connectivity index (χ4n) is 2.47. The fraction of sp³-hybridized carbons (Fsp3) is 0.333. The molecule has 0 aliphatic carbocycles. The van der Waals surface area contributed by atoms with Gasteiger partial charge in [-0.2, -0.15) is 0 Å². The van der Waals surface area contributed by atoms with Crippen LogP contribution in [0.15, 0.2) is 47.4 Å². The van der Waals surface area contributed by atoms with Crippen molar-refractivity contribution < 1.29 is 13.2 Å². The van der Waals surface area contributed by atoms with Crippen LogP contribution in [0.25, 0.3) is 0 Å². The largest absolute Gasteiger partial charge is 0.494 e. The second-order valence-electron chi connectivity index (χ2n) is 5.61. The molecular weight excluding hydrogens is 310 g/mol. The van der Waals surface area contributed by atoms with E-state index in [4.69, 9.17) is 4.74 Å². The van der Waals surface area contributed by atoms with Gasteiger partial charge < -0.3 is 4.74 Å². The zero-order valence-corrected chi connectivity index (χ0v) is 14.8. The molecule has 0 bridgehead atoms. The van der Waals surface area contributed by atoms with Gasteiger partial charge in [0.25, 0.3) is 0 Å². The first kappa shape index (κ1) is 17.5. The van der Waals surface area contributed by atoms with Gasteiger partial charge in [0.15, 0.2) is 0 Å². The lowest BCUT2D eigenvalue weighted by molar-refractivity contribution is 0.340. The van der Waals surface area contributed by atoms with E-state index in [-0.39, 0.29) is 10.9 Å². The molecule has 2 aromatic carbocycles. The number of nitrogens with one attached hydrogen (secondary N) is 1. The molecule has 0 saturated carbocycles. The lowest BCUT2D eigenvalue weighted by Crippen LogP contribution is -2.27. The predicted molar refractivity (Wildman–Crippen MR) is 92.3 cm³/mol. The molecule has 0 spiro atoms. The molecule has 0 aliphatic rings. The molecule has 0 amide bonds. The second kappa shape index (κ2) is 7.15. The Hall–Kier alpha value is -1.85. The van der Waals surface area contributed by atoms with Gasteiger partial charge in [-0.15, -0.1) is 0 Å². The monoisotopic (exact) mass is 333 g/mol. The van der Waals surface area contributed by atoms with E-state index in [1.807, 2.05) is 45.9 Å². The first-order chi connectivity index (χ1) is 10.8. The Balaban J connectivity index is 2.21. The van der Waals surface area contributed by atoms with Gasteiger partial charge in [-0.05, 0) is 63.1 Å². The third-order valence-corrected chi connectivity index (χ3v) is 5.23. The third-order valence-electron chi connectivity index (χ3n) is 3.68. The fourth-order valence-corrected chi connectivity index (χ4v) is 3.70. The molecule has 0 unspecified atom stereocenters. The summed E-state index contributed by atoms with van der Waals surface area (Å²) in [6.07, 6.45) is 0. The first-order valence-electron chi connectivity index (χ1n) is 7.66. The minimum atomic E-state index is -3.57. The molecule has 5 heteroatoms. The van der Waals surface area contributed by atoms with E-state index in [2.05, 4.69) is 4.72 Å². The number of aryl methyl sites for hydroxylation is 2. The predicted octanol–water partition coefficient (Wildman–Crippen LogP) is 3.74. The highest BCUT2D eigenvalue weighted by molar-refractivity contribution is 7.89. The Kier molecular flexibility index (Phi) is 5.44.